The molecule has 132 valence electrons. The number of benzene rings is 2. The van der Waals surface area contributed by atoms with Crippen molar-refractivity contribution in [2.75, 3.05) is 13.7 Å². The van der Waals surface area contributed by atoms with Crippen LogP contribution < -0.4 is 19.5 Å². The Morgan fingerprint density at radius 3 is 2.84 bits per heavy atom. The first kappa shape index (κ1) is 17.1. The summed E-state index contributed by atoms with van der Waals surface area (Å²) in [4.78, 5) is 12.5. The minimum atomic E-state index is -0.185. The third kappa shape index (κ3) is 3.71. The fraction of sp³-hybridized carbons (Fsp3) is 0.350. The highest BCUT2D eigenvalue weighted by atomic mass is 16.5. The van der Waals surface area contributed by atoms with Crippen LogP contribution in [0.3, 0.4) is 0 Å². The Kier molecular flexibility index (Phi) is 5.12. The highest BCUT2D eigenvalue weighted by molar-refractivity contribution is 5.96. The minimum Gasteiger partial charge on any atom is -0.496 e. The fourth-order valence-corrected chi connectivity index (χ4v) is 3.01. The van der Waals surface area contributed by atoms with E-state index in [0.29, 0.717) is 24.5 Å². The van der Waals surface area contributed by atoms with Crippen LogP contribution in [0.25, 0.3) is 0 Å². The maximum Gasteiger partial charge on any atom is 0.255 e. The van der Waals surface area contributed by atoms with Gasteiger partial charge in [-0.1, -0.05) is 12.1 Å². The number of rotatable bonds is 6. The van der Waals surface area contributed by atoms with Crippen molar-refractivity contribution in [3.63, 3.8) is 0 Å². The van der Waals surface area contributed by atoms with Crippen molar-refractivity contribution < 1.29 is 19.0 Å². The van der Waals surface area contributed by atoms with E-state index in [9.17, 15) is 4.79 Å². The third-order valence-corrected chi connectivity index (χ3v) is 4.17. The summed E-state index contributed by atoms with van der Waals surface area (Å²) >= 11 is 0. The number of fused-ring (bicyclic) bond motifs is 1. The first-order valence-corrected chi connectivity index (χ1v) is 8.48. The lowest BCUT2D eigenvalue weighted by atomic mass is 10.1. The Bertz CT molecular complexity index is 772. The van der Waals surface area contributed by atoms with Gasteiger partial charge in [0.05, 0.1) is 19.3 Å². The lowest BCUT2D eigenvalue weighted by Gasteiger charge is -2.14. The molecule has 1 aliphatic heterocycles. The van der Waals surface area contributed by atoms with Crippen LogP contribution in [0, 0.1) is 0 Å². The van der Waals surface area contributed by atoms with Gasteiger partial charge in [0.25, 0.3) is 5.91 Å². The van der Waals surface area contributed by atoms with Crippen molar-refractivity contribution in [3.05, 3.63) is 53.1 Å². The first-order valence-electron chi connectivity index (χ1n) is 8.48. The van der Waals surface area contributed by atoms with Crippen LogP contribution in [0.5, 0.6) is 17.2 Å². The Balaban J connectivity index is 1.78. The van der Waals surface area contributed by atoms with Crippen molar-refractivity contribution in [2.24, 2.45) is 0 Å². The first-order chi connectivity index (χ1) is 12.1. The zero-order valence-electron chi connectivity index (χ0n) is 14.8. The van der Waals surface area contributed by atoms with Crippen LogP contribution in [-0.2, 0) is 13.0 Å². The normalized spacial score (nSPS) is 15.2. The number of para-hydroxylation sites is 1. The van der Waals surface area contributed by atoms with E-state index in [0.717, 1.165) is 29.0 Å². The molecule has 1 heterocycles. The summed E-state index contributed by atoms with van der Waals surface area (Å²) < 4.78 is 16.8. The number of hydrogen-bond acceptors (Lipinski definition) is 4. The third-order valence-electron chi connectivity index (χ3n) is 4.17. The molecule has 1 aliphatic rings. The van der Waals surface area contributed by atoms with E-state index >= 15 is 0 Å². The maximum atomic E-state index is 12.5. The van der Waals surface area contributed by atoms with E-state index in [1.165, 1.54) is 0 Å². The van der Waals surface area contributed by atoms with Gasteiger partial charge in [-0.05, 0) is 38.1 Å². The molecule has 1 amide bonds. The number of methoxy groups -OCH3 is 1. The van der Waals surface area contributed by atoms with Gasteiger partial charge >= 0.3 is 0 Å². The monoisotopic (exact) mass is 341 g/mol. The van der Waals surface area contributed by atoms with Gasteiger partial charge in [0.2, 0.25) is 0 Å². The highest BCUT2D eigenvalue weighted by Crippen LogP contribution is 2.35. The minimum absolute atomic E-state index is 0.169. The summed E-state index contributed by atoms with van der Waals surface area (Å²) in [5.74, 6) is 2.03. The van der Waals surface area contributed by atoms with Gasteiger partial charge in [-0.2, -0.15) is 0 Å². The second kappa shape index (κ2) is 7.47. The average Bonchev–Trinajstić information content (AvgIpc) is 2.98. The van der Waals surface area contributed by atoms with Crippen LogP contribution >= 0.6 is 0 Å². The van der Waals surface area contributed by atoms with Gasteiger partial charge in [0.15, 0.2) is 0 Å². The van der Waals surface area contributed by atoms with Gasteiger partial charge in [0, 0.05) is 24.1 Å². The summed E-state index contributed by atoms with van der Waals surface area (Å²) in [5, 5.41) is 2.94. The van der Waals surface area contributed by atoms with E-state index in [1.54, 1.807) is 19.2 Å². The Labute approximate surface area is 147 Å². The summed E-state index contributed by atoms with van der Waals surface area (Å²) in [6.45, 7) is 4.92. The molecule has 2 aromatic rings. The fourth-order valence-electron chi connectivity index (χ4n) is 3.01. The molecule has 25 heavy (non-hydrogen) atoms. The predicted octanol–water partition coefficient (Wildman–Crippen LogP) is 3.35. The smallest absolute Gasteiger partial charge is 0.255 e. The molecular weight excluding hydrogens is 318 g/mol. The number of carbonyl (C=O) groups excluding carboxylic acids is 1. The largest absolute Gasteiger partial charge is 0.496 e. The van der Waals surface area contributed by atoms with E-state index in [2.05, 4.69) is 5.32 Å². The molecule has 1 N–H and O–H groups in total. The molecular formula is C20H23NO4. The number of amides is 1. The van der Waals surface area contributed by atoms with E-state index in [1.807, 2.05) is 38.1 Å². The van der Waals surface area contributed by atoms with Crippen LogP contribution in [0.1, 0.15) is 35.3 Å². The zero-order valence-corrected chi connectivity index (χ0v) is 14.8. The summed E-state index contributed by atoms with van der Waals surface area (Å²) in [7, 11) is 1.55. The van der Waals surface area contributed by atoms with E-state index in [-0.39, 0.29) is 12.0 Å². The van der Waals surface area contributed by atoms with Gasteiger partial charge < -0.3 is 19.5 Å². The SMILES string of the molecule is CCOc1cc2c(cc1CNC(=O)c1ccccc1OC)OC(C)C2. The van der Waals surface area contributed by atoms with Crippen molar-refractivity contribution in [1.29, 1.82) is 0 Å². The molecule has 2 aromatic carbocycles. The number of ether oxygens (including phenoxy) is 3. The Morgan fingerprint density at radius 1 is 1.28 bits per heavy atom. The van der Waals surface area contributed by atoms with E-state index in [4.69, 9.17) is 14.2 Å². The lowest BCUT2D eigenvalue weighted by Crippen LogP contribution is -2.23. The summed E-state index contributed by atoms with van der Waals surface area (Å²) in [5.41, 5.74) is 2.56. The van der Waals surface area contributed by atoms with Gasteiger partial charge in [-0.15, -0.1) is 0 Å². The molecule has 0 radical (unpaired) electrons. The van der Waals surface area contributed by atoms with Crippen LogP contribution in [-0.4, -0.2) is 25.7 Å². The molecule has 0 aliphatic carbocycles. The van der Waals surface area contributed by atoms with Crippen molar-refractivity contribution in [3.8, 4) is 17.2 Å². The second-order valence-corrected chi connectivity index (χ2v) is 6.02. The molecule has 5 heteroatoms. The van der Waals surface area contributed by atoms with Crippen molar-refractivity contribution in [2.45, 2.75) is 32.9 Å². The average molecular weight is 341 g/mol. The molecule has 0 spiro atoms. The summed E-state index contributed by atoms with van der Waals surface area (Å²) in [6.07, 6.45) is 1.05. The lowest BCUT2D eigenvalue weighted by molar-refractivity contribution is 0.0947. The maximum absolute atomic E-state index is 12.5. The van der Waals surface area contributed by atoms with Crippen molar-refractivity contribution >= 4 is 5.91 Å². The Hall–Kier alpha value is -2.69. The topological polar surface area (TPSA) is 56.8 Å². The number of nitrogens with one attached hydrogen (secondary N) is 1. The number of hydrogen-bond donors (Lipinski definition) is 1. The second-order valence-electron chi connectivity index (χ2n) is 6.02. The summed E-state index contributed by atoms with van der Waals surface area (Å²) in [6, 6.07) is 11.1. The van der Waals surface area contributed by atoms with E-state index < -0.39 is 0 Å². The molecule has 0 aromatic heterocycles. The van der Waals surface area contributed by atoms with Gasteiger partial charge in [-0.25, -0.2) is 0 Å². The molecule has 0 bridgehead atoms. The molecule has 5 nitrogen and oxygen atoms in total. The molecule has 1 atom stereocenters. The molecule has 1 unspecified atom stereocenters. The number of carbonyl (C=O) groups is 1. The quantitative estimate of drug-likeness (QED) is 0.875. The van der Waals surface area contributed by atoms with Crippen LogP contribution in [0.2, 0.25) is 0 Å². The molecule has 3 rings (SSSR count). The van der Waals surface area contributed by atoms with Gasteiger partial charge in [-0.3, -0.25) is 4.79 Å². The van der Waals surface area contributed by atoms with Gasteiger partial charge in [0.1, 0.15) is 23.4 Å². The standard InChI is InChI=1S/C20H23NO4/c1-4-24-18-10-14-9-13(2)25-19(14)11-15(18)12-21-20(22)16-7-5-6-8-17(16)23-3/h5-8,10-11,13H,4,9,12H2,1-3H3,(H,21,22). The molecule has 0 saturated heterocycles. The Morgan fingerprint density at radius 2 is 2.08 bits per heavy atom. The highest BCUT2D eigenvalue weighted by Gasteiger charge is 2.22. The molecule has 0 fully saturated rings. The molecule has 0 saturated carbocycles. The van der Waals surface area contributed by atoms with Crippen LogP contribution in [0.4, 0.5) is 0 Å². The zero-order chi connectivity index (χ0) is 17.8. The van der Waals surface area contributed by atoms with Crippen LogP contribution in [0.15, 0.2) is 36.4 Å². The van der Waals surface area contributed by atoms with Crippen molar-refractivity contribution in [1.82, 2.24) is 5.32 Å². The predicted molar refractivity (Wildman–Crippen MR) is 95.6 cm³/mol.